The average Bonchev–Trinajstić information content (AvgIpc) is 2.46. The molecule has 20 heavy (non-hydrogen) atoms. The fraction of sp³-hybridized carbons (Fsp3) is 0.615. The number of pyridine rings is 1. The van der Waals surface area contributed by atoms with Gasteiger partial charge in [0.05, 0.1) is 0 Å². The Kier molecular flexibility index (Phi) is 6.90. The van der Waals surface area contributed by atoms with Crippen molar-refractivity contribution >= 4 is 15.8 Å². The van der Waals surface area contributed by atoms with Crippen molar-refractivity contribution in [1.82, 2.24) is 14.6 Å². The number of likely N-dealkylation sites (N-methyl/N-ethyl adjacent to an activating group) is 1. The van der Waals surface area contributed by atoms with Crippen molar-refractivity contribution in [3.63, 3.8) is 0 Å². The van der Waals surface area contributed by atoms with Crippen molar-refractivity contribution in [2.24, 2.45) is 0 Å². The Morgan fingerprint density at radius 1 is 1.25 bits per heavy atom. The molecule has 0 saturated heterocycles. The van der Waals surface area contributed by atoms with Crippen molar-refractivity contribution in [2.75, 3.05) is 38.5 Å². The zero-order valence-electron chi connectivity index (χ0n) is 12.4. The maximum atomic E-state index is 12.1. The second kappa shape index (κ2) is 8.18. The Morgan fingerprint density at radius 2 is 2.00 bits per heavy atom. The van der Waals surface area contributed by atoms with Gasteiger partial charge >= 0.3 is 0 Å². The van der Waals surface area contributed by atoms with Gasteiger partial charge in [-0.05, 0) is 31.6 Å². The summed E-state index contributed by atoms with van der Waals surface area (Å²) in [6.45, 7) is 7.21. The van der Waals surface area contributed by atoms with E-state index < -0.39 is 10.0 Å². The topological polar surface area (TPSA) is 74.3 Å². The van der Waals surface area contributed by atoms with Gasteiger partial charge in [0.25, 0.3) is 0 Å². The van der Waals surface area contributed by atoms with Crippen LogP contribution >= 0.6 is 0 Å². The van der Waals surface area contributed by atoms with E-state index in [-0.39, 0.29) is 4.90 Å². The van der Waals surface area contributed by atoms with Crippen LogP contribution in [0.2, 0.25) is 0 Å². The molecule has 0 unspecified atom stereocenters. The van der Waals surface area contributed by atoms with Crippen LogP contribution in [0.5, 0.6) is 0 Å². The molecule has 114 valence electrons. The molecule has 2 N–H and O–H groups in total. The highest BCUT2D eigenvalue weighted by atomic mass is 32.2. The largest absolute Gasteiger partial charge is 0.373 e. The quantitative estimate of drug-likeness (QED) is 0.715. The molecule has 0 saturated carbocycles. The highest BCUT2D eigenvalue weighted by molar-refractivity contribution is 7.89. The third-order valence-corrected chi connectivity index (χ3v) is 4.46. The van der Waals surface area contributed by atoms with Crippen LogP contribution in [0.15, 0.2) is 23.2 Å². The summed E-state index contributed by atoms with van der Waals surface area (Å²) in [6, 6.07) is 3.19. The number of sulfonamides is 1. The second-order valence-electron chi connectivity index (χ2n) is 4.46. The molecular weight excluding hydrogens is 276 g/mol. The number of aromatic nitrogens is 1. The fourth-order valence-corrected chi connectivity index (χ4v) is 2.82. The van der Waals surface area contributed by atoms with Gasteiger partial charge in [0.1, 0.15) is 10.7 Å². The van der Waals surface area contributed by atoms with E-state index in [0.29, 0.717) is 18.9 Å². The molecule has 1 heterocycles. The molecule has 0 aliphatic carbocycles. The third-order valence-electron chi connectivity index (χ3n) is 3.01. The molecule has 0 spiro atoms. The number of hydrogen-bond donors (Lipinski definition) is 2. The van der Waals surface area contributed by atoms with E-state index in [1.165, 1.54) is 6.20 Å². The van der Waals surface area contributed by atoms with Crippen molar-refractivity contribution < 1.29 is 8.42 Å². The molecule has 0 aliphatic rings. The van der Waals surface area contributed by atoms with E-state index in [4.69, 9.17) is 0 Å². The van der Waals surface area contributed by atoms with Crippen LogP contribution in [0.25, 0.3) is 0 Å². The molecule has 1 rings (SSSR count). The van der Waals surface area contributed by atoms with Gasteiger partial charge in [-0.1, -0.05) is 13.8 Å². The highest BCUT2D eigenvalue weighted by Gasteiger charge is 2.14. The van der Waals surface area contributed by atoms with Crippen LogP contribution in [0.3, 0.4) is 0 Å². The predicted molar refractivity (Wildman–Crippen MR) is 81.4 cm³/mol. The van der Waals surface area contributed by atoms with Crippen LogP contribution < -0.4 is 10.0 Å². The third kappa shape index (κ3) is 5.07. The van der Waals surface area contributed by atoms with Gasteiger partial charge in [-0.25, -0.2) is 18.1 Å². The summed E-state index contributed by atoms with van der Waals surface area (Å²) in [5.41, 5.74) is 0. The molecule has 1 aromatic heterocycles. The number of hydrogen-bond acceptors (Lipinski definition) is 5. The number of nitrogens with zero attached hydrogens (tertiary/aromatic N) is 2. The Hall–Kier alpha value is -1.18. The molecule has 6 nitrogen and oxygen atoms in total. The summed E-state index contributed by atoms with van der Waals surface area (Å²) in [5, 5.41) is 2.85. The van der Waals surface area contributed by atoms with E-state index in [1.807, 2.05) is 0 Å². The monoisotopic (exact) mass is 300 g/mol. The summed E-state index contributed by atoms with van der Waals surface area (Å²) >= 11 is 0. The summed E-state index contributed by atoms with van der Waals surface area (Å²) < 4.78 is 26.7. The first-order valence-corrected chi connectivity index (χ1v) is 8.37. The van der Waals surface area contributed by atoms with Crippen LogP contribution in [-0.4, -0.2) is 51.5 Å². The smallest absolute Gasteiger partial charge is 0.242 e. The van der Waals surface area contributed by atoms with Gasteiger partial charge in [-0.15, -0.1) is 0 Å². The Labute approximate surface area is 121 Å². The molecule has 0 aromatic carbocycles. The first-order chi connectivity index (χ1) is 9.53. The molecule has 1 aromatic rings. The molecule has 0 radical (unpaired) electrons. The Bertz CT molecular complexity index is 488. The van der Waals surface area contributed by atoms with Crippen LogP contribution in [0.1, 0.15) is 20.3 Å². The molecule has 0 atom stereocenters. The van der Waals surface area contributed by atoms with Crippen molar-refractivity contribution in [3.05, 3.63) is 18.3 Å². The normalized spacial score (nSPS) is 11.8. The number of anilines is 1. The second-order valence-corrected chi connectivity index (χ2v) is 6.23. The SMILES string of the molecule is CCCN(CC)CCNS(=O)(=O)c1ccc(NC)nc1. The molecule has 0 amide bonds. The first-order valence-electron chi connectivity index (χ1n) is 6.89. The lowest BCUT2D eigenvalue weighted by molar-refractivity contribution is 0.293. The fourth-order valence-electron chi connectivity index (χ4n) is 1.85. The van der Waals surface area contributed by atoms with Crippen molar-refractivity contribution in [3.8, 4) is 0 Å². The lowest BCUT2D eigenvalue weighted by Gasteiger charge is -2.19. The zero-order valence-corrected chi connectivity index (χ0v) is 13.2. The van der Waals surface area contributed by atoms with E-state index in [9.17, 15) is 8.42 Å². The number of rotatable bonds is 9. The van der Waals surface area contributed by atoms with E-state index >= 15 is 0 Å². The molecular formula is C13H24N4O2S. The summed E-state index contributed by atoms with van der Waals surface area (Å²) in [5.74, 6) is 0.643. The maximum Gasteiger partial charge on any atom is 0.242 e. The van der Waals surface area contributed by atoms with Gasteiger partial charge < -0.3 is 10.2 Å². The highest BCUT2D eigenvalue weighted by Crippen LogP contribution is 2.09. The van der Waals surface area contributed by atoms with Gasteiger partial charge in [0.15, 0.2) is 0 Å². The molecule has 7 heteroatoms. The Morgan fingerprint density at radius 3 is 2.50 bits per heavy atom. The van der Waals surface area contributed by atoms with E-state index in [2.05, 4.69) is 33.8 Å². The average molecular weight is 300 g/mol. The minimum atomic E-state index is -3.47. The van der Waals surface area contributed by atoms with Crippen LogP contribution in [-0.2, 0) is 10.0 Å². The Balaban J connectivity index is 2.56. The van der Waals surface area contributed by atoms with E-state index in [1.54, 1.807) is 19.2 Å². The van der Waals surface area contributed by atoms with Gasteiger partial charge in [0, 0.05) is 26.3 Å². The van der Waals surface area contributed by atoms with Crippen molar-refractivity contribution in [2.45, 2.75) is 25.2 Å². The summed E-state index contributed by atoms with van der Waals surface area (Å²) in [6.07, 6.45) is 2.42. The van der Waals surface area contributed by atoms with Crippen LogP contribution in [0.4, 0.5) is 5.82 Å². The lowest BCUT2D eigenvalue weighted by atomic mass is 10.4. The maximum absolute atomic E-state index is 12.1. The lowest BCUT2D eigenvalue weighted by Crippen LogP contribution is -2.35. The molecule has 0 bridgehead atoms. The molecule has 0 fully saturated rings. The number of nitrogens with one attached hydrogen (secondary N) is 2. The predicted octanol–water partition coefficient (Wildman–Crippen LogP) is 1.13. The van der Waals surface area contributed by atoms with Gasteiger partial charge in [-0.2, -0.15) is 0 Å². The molecule has 0 aliphatic heterocycles. The standard InChI is InChI=1S/C13H24N4O2S/c1-4-9-17(5-2)10-8-16-20(18,19)12-6-7-13(14-3)15-11-12/h6-7,11,16H,4-5,8-10H2,1-3H3,(H,14,15). The van der Waals surface area contributed by atoms with Crippen molar-refractivity contribution in [1.29, 1.82) is 0 Å². The first kappa shape index (κ1) is 16.9. The van der Waals surface area contributed by atoms with Gasteiger partial charge in [0.2, 0.25) is 10.0 Å². The zero-order chi connectivity index (χ0) is 15.0. The van der Waals surface area contributed by atoms with Crippen LogP contribution in [0, 0.1) is 0 Å². The summed E-state index contributed by atoms with van der Waals surface area (Å²) in [7, 11) is -1.73. The van der Waals surface area contributed by atoms with Gasteiger partial charge in [-0.3, -0.25) is 0 Å². The van der Waals surface area contributed by atoms with E-state index in [0.717, 1.165) is 19.5 Å². The summed E-state index contributed by atoms with van der Waals surface area (Å²) in [4.78, 5) is 6.41. The minimum Gasteiger partial charge on any atom is -0.373 e. The minimum absolute atomic E-state index is 0.190.